The molecule has 0 saturated carbocycles. The molecule has 0 aliphatic carbocycles. The SMILES string of the molecule is [2H]C([2H])([2H])[n+]1c2n(c3cc4cnccn4c31)Cc1ncccc1-2.[2H]C([2H])([2H])n1c2[n+](c3c1c1ccncc1n3-c1ccccc1)Cc1ncccc1-2.[2H]C([2H])([2H])n1c2[n+](c3c1c1ccncc1n3C)Cc1ncccc1-2.[2H]C([2H])([2H])n1c2[n+](c3oc4cnccc4c31)Cc1ncccc1-2.[2H]C([2H])([2H])n1c2[n+](c3sc4cnccc4c31)Cc1ncccc1-2. The number of fused-ring (bicyclic) bond motifs is 35. The molecule has 0 amide bonds. The summed E-state index contributed by atoms with van der Waals surface area (Å²) in [6, 6.07) is 38.2. The highest BCUT2D eigenvalue weighted by atomic mass is 32.1. The zero-order valence-corrected chi connectivity index (χ0v) is 57.2. The number of furan rings is 1. The van der Waals surface area contributed by atoms with E-state index in [-0.39, 0.29) is 0 Å². The second-order valence-corrected chi connectivity index (χ2v) is 27.6. The number of rotatable bonds is 1. The molecule has 0 fully saturated rings. The Morgan fingerprint density at radius 2 is 0.935 bits per heavy atom. The summed E-state index contributed by atoms with van der Waals surface area (Å²) in [5.74, 6) is 3.37. The van der Waals surface area contributed by atoms with Gasteiger partial charge in [-0.05, 0) is 97.1 Å². The van der Waals surface area contributed by atoms with Crippen molar-refractivity contribution in [3.05, 3.63) is 249 Å². The van der Waals surface area contributed by atoms with E-state index < -0.39 is 34.9 Å². The van der Waals surface area contributed by atoms with E-state index in [1.807, 2.05) is 145 Å². The first kappa shape index (κ1) is 47.5. The van der Waals surface area contributed by atoms with E-state index in [4.69, 9.17) is 25.0 Å². The van der Waals surface area contributed by atoms with E-state index in [0.29, 0.717) is 89.8 Å². The van der Waals surface area contributed by atoms with Crippen molar-refractivity contribution < 1.29 is 47.8 Å². The fourth-order valence-corrected chi connectivity index (χ4v) is 17.7. The predicted molar refractivity (Wildman–Crippen MR) is 406 cm³/mol. The van der Waals surface area contributed by atoms with Gasteiger partial charge in [0.05, 0.1) is 177 Å². The van der Waals surface area contributed by atoms with Crippen LogP contribution in [0.2, 0.25) is 0 Å². The highest BCUT2D eigenvalue weighted by Gasteiger charge is 2.41. The molecule has 0 atom stereocenters. The maximum Gasteiger partial charge on any atom is 0.339 e. The van der Waals surface area contributed by atoms with Crippen molar-refractivity contribution in [2.24, 2.45) is 41.9 Å². The molecule has 20 aromatic heterocycles. The zero-order valence-electron chi connectivity index (χ0n) is 71.4. The molecule has 0 N–H and O–H groups in total. The molecule has 0 spiro atoms. The highest BCUT2D eigenvalue weighted by molar-refractivity contribution is 7.25. The Bertz CT molecular complexity index is 7570. The Balaban J connectivity index is 0.0000000914. The van der Waals surface area contributed by atoms with E-state index >= 15 is 0 Å². The summed E-state index contributed by atoms with van der Waals surface area (Å²) in [6.07, 6.45) is 27.6. The summed E-state index contributed by atoms with van der Waals surface area (Å²) in [7, 11) is 1.94. The number of hydrogen-bond donors (Lipinski definition) is 0. The van der Waals surface area contributed by atoms with E-state index in [0.717, 1.165) is 137 Å². The normalized spacial score (nSPS) is 15.6. The van der Waals surface area contributed by atoms with Crippen molar-refractivity contribution in [1.29, 1.82) is 0 Å². The Morgan fingerprint density at radius 1 is 0.421 bits per heavy atom. The third-order valence-corrected chi connectivity index (χ3v) is 22.2. The Labute approximate surface area is 632 Å². The van der Waals surface area contributed by atoms with Crippen LogP contribution in [-0.2, 0) is 74.7 Å². The van der Waals surface area contributed by atoms with Crippen LogP contribution < -0.4 is 22.8 Å². The first-order valence-electron chi connectivity index (χ1n) is 41.8. The summed E-state index contributed by atoms with van der Waals surface area (Å²) in [5.41, 5.74) is 19.5. The number of pyridine rings is 9. The Hall–Kier alpha value is -13.8. The summed E-state index contributed by atoms with van der Waals surface area (Å²) in [4.78, 5) is 43.8. The lowest BCUT2D eigenvalue weighted by Crippen LogP contribution is -2.33. The van der Waals surface area contributed by atoms with Gasteiger partial charge < -0.3 is 4.42 Å². The van der Waals surface area contributed by atoms with Crippen molar-refractivity contribution in [2.45, 2.75) is 32.7 Å². The number of aryl methyl sites for hydroxylation is 6. The molecule has 21 aromatic rings. The number of aromatic nitrogens is 23. The molecular formula is C82H64N23OS+5. The van der Waals surface area contributed by atoms with Gasteiger partial charge in [0.25, 0.3) is 28.6 Å². The molecule has 25 heterocycles. The van der Waals surface area contributed by atoms with Gasteiger partial charge in [0, 0.05) is 73.4 Å². The Kier molecular flexibility index (Phi) is 10.1. The number of benzene rings is 1. The van der Waals surface area contributed by atoms with Crippen LogP contribution in [-0.4, -0.2) is 86.2 Å². The third-order valence-electron chi connectivity index (χ3n) is 21.0. The fourth-order valence-electron chi connectivity index (χ4n) is 16.6. The van der Waals surface area contributed by atoms with E-state index in [9.17, 15) is 0 Å². The van der Waals surface area contributed by atoms with Gasteiger partial charge in [-0.3, -0.25) is 63.5 Å². The van der Waals surface area contributed by atoms with Gasteiger partial charge >= 0.3 is 5.71 Å². The second-order valence-electron chi connectivity index (χ2n) is 26.6. The molecule has 0 bridgehead atoms. The average molecular weight is 1430 g/mol. The van der Waals surface area contributed by atoms with Crippen LogP contribution >= 0.6 is 11.3 Å². The van der Waals surface area contributed by atoms with Crippen LogP contribution in [0.25, 0.3) is 166 Å². The molecule has 0 saturated heterocycles. The fraction of sp³-hybridized carbons (Fsp3) is 0.134. The lowest BCUT2D eigenvalue weighted by Gasteiger charge is -2.02. The first-order chi connectivity index (χ1) is 58.7. The van der Waals surface area contributed by atoms with Gasteiger partial charge in [-0.25, -0.2) is 40.9 Å². The lowest BCUT2D eigenvalue weighted by atomic mass is 10.2. The molecule has 514 valence electrons. The molecule has 0 radical (unpaired) electrons. The standard InChI is InChI=1S/C21H16N5.C16H14N5.C15H12N5.C15H11N4O.C15H11N4S/c1-24-19-16-9-11-22-12-18(16)26(14-6-3-2-4-7-14)21(19)25-13-17-15(20(24)25)8-5-10-23-17;1-19-13-8-17-7-5-11(13)14-16(19)21-9-12-10(4-3-6-18-12)15(21)20(14)2;1-18-14-11-3-2-4-17-12(11)9-20(14)13-7-10-8-16-5-6-19(10)15(13)18;2*1-18-13-10-4-6-16-7-12(10)20-15(13)19-8-11-9(14(18)19)3-2-5-17-11/h2-12H,13H2,1H3;3-8H,9H2,1-2H3;2-8H,9H2,1H3;2*2-7H,8H2,1H3/q5*+1/i1D3;2D3;3*1D3. The minimum absolute atomic E-state index is 0.498. The Morgan fingerprint density at radius 3 is 1.59 bits per heavy atom. The smallest absolute Gasteiger partial charge is 0.339 e. The van der Waals surface area contributed by atoms with Crippen molar-refractivity contribution >= 4 is 115 Å². The van der Waals surface area contributed by atoms with Crippen molar-refractivity contribution in [2.75, 3.05) is 0 Å². The number of thiophene rings is 1. The number of hydrogen-bond acceptors (Lipinski definition) is 12. The summed E-state index contributed by atoms with van der Waals surface area (Å²) in [6.45, 7) is -8.70. The number of nitrogens with zero attached hydrogens (tertiary/aromatic N) is 23. The van der Waals surface area contributed by atoms with Gasteiger partial charge in [0.2, 0.25) is 27.8 Å². The molecule has 26 rings (SSSR count). The number of para-hydroxylation sites is 1. The minimum atomic E-state index is -2.34. The highest BCUT2D eigenvalue weighted by Crippen LogP contribution is 2.41. The quantitative estimate of drug-likeness (QED) is 0.142. The molecular weight excluding hydrogens is 1360 g/mol. The number of imidazole rings is 5. The lowest BCUT2D eigenvalue weighted by molar-refractivity contribution is -0.652. The van der Waals surface area contributed by atoms with E-state index in [1.54, 1.807) is 117 Å². The average Bonchev–Trinajstić information content (AvgIpc) is 1.77. The molecule has 25 heteroatoms. The van der Waals surface area contributed by atoms with Gasteiger partial charge in [-0.1, -0.05) is 29.5 Å². The van der Waals surface area contributed by atoms with Crippen LogP contribution in [0.4, 0.5) is 0 Å². The molecule has 5 aliphatic rings. The van der Waals surface area contributed by atoms with Crippen LogP contribution in [0, 0.1) is 0 Å². The summed E-state index contributed by atoms with van der Waals surface area (Å²) < 4.78 is 152. The molecule has 0 unspecified atom stereocenters. The predicted octanol–water partition coefficient (Wildman–Crippen LogP) is 11.1. The molecule has 1 aromatic carbocycles. The van der Waals surface area contributed by atoms with Crippen LogP contribution in [0.5, 0.6) is 0 Å². The van der Waals surface area contributed by atoms with Gasteiger partial charge in [-0.2, -0.15) is 4.57 Å². The summed E-state index contributed by atoms with van der Waals surface area (Å²) >= 11 is 1.58. The van der Waals surface area contributed by atoms with Crippen molar-refractivity contribution in [3.63, 3.8) is 0 Å². The minimum Gasteiger partial charge on any atom is -0.417 e. The largest absolute Gasteiger partial charge is 0.417 e. The topological polar surface area (TPSA) is 200 Å². The maximum absolute atomic E-state index is 8.31. The summed E-state index contributed by atoms with van der Waals surface area (Å²) in [5, 5.41) is 3.44. The van der Waals surface area contributed by atoms with E-state index in [2.05, 4.69) is 63.5 Å². The zero-order chi connectivity index (χ0) is 83.7. The third kappa shape index (κ3) is 8.55. The van der Waals surface area contributed by atoms with Crippen LogP contribution in [0.1, 0.15) is 49.0 Å². The van der Waals surface area contributed by atoms with Crippen LogP contribution in [0.3, 0.4) is 0 Å². The second kappa shape index (κ2) is 22.8. The first-order valence-corrected chi connectivity index (χ1v) is 35.1. The monoisotopic (exact) mass is 1430 g/mol. The van der Waals surface area contributed by atoms with Gasteiger partial charge in [0.1, 0.15) is 55.0 Å². The van der Waals surface area contributed by atoms with Gasteiger partial charge in [-0.15, -0.1) is 0 Å². The van der Waals surface area contributed by atoms with Crippen LogP contribution in [0.15, 0.2) is 225 Å². The van der Waals surface area contributed by atoms with Gasteiger partial charge in [0.15, 0.2) is 27.6 Å². The maximum atomic E-state index is 8.31. The van der Waals surface area contributed by atoms with Crippen molar-refractivity contribution in [1.82, 2.24) is 86.2 Å². The molecule has 5 aliphatic heterocycles. The van der Waals surface area contributed by atoms with Crippen molar-refractivity contribution in [3.8, 4) is 62.6 Å². The van der Waals surface area contributed by atoms with E-state index in [1.165, 1.54) is 22.8 Å². The molecule has 24 nitrogen and oxygen atoms in total. The molecule has 107 heavy (non-hydrogen) atoms.